The topological polar surface area (TPSA) is 26.0 Å². The quantitative estimate of drug-likeness (QED) is 0.690. The minimum Gasteiger partial charge on any atom is -0.398 e. The van der Waals surface area contributed by atoms with Crippen molar-refractivity contribution in [2.45, 2.75) is 39.0 Å². The maximum absolute atomic E-state index is 6.05. The molecule has 0 aromatic heterocycles. The molecule has 1 heteroatoms. The van der Waals surface area contributed by atoms with E-state index in [2.05, 4.69) is 26.0 Å². The van der Waals surface area contributed by atoms with Crippen LogP contribution in [0, 0.1) is 11.8 Å². The van der Waals surface area contributed by atoms with Crippen LogP contribution in [-0.2, 0) is 0 Å². The summed E-state index contributed by atoms with van der Waals surface area (Å²) in [6.07, 6.45) is 4.00. The van der Waals surface area contributed by atoms with Gasteiger partial charge in [0.25, 0.3) is 0 Å². The number of hydrogen-bond acceptors (Lipinski definition) is 1. The molecule has 0 heterocycles. The van der Waals surface area contributed by atoms with Crippen LogP contribution in [0.4, 0.5) is 5.69 Å². The summed E-state index contributed by atoms with van der Waals surface area (Å²) >= 11 is 0. The molecule has 0 spiro atoms. The molecule has 1 aromatic carbocycles. The van der Waals surface area contributed by atoms with Crippen LogP contribution >= 0.6 is 0 Å². The highest BCUT2D eigenvalue weighted by molar-refractivity contribution is 5.48. The predicted molar refractivity (Wildman–Crippen MR) is 65.8 cm³/mol. The number of rotatable bonds is 1. The first-order valence-electron chi connectivity index (χ1n) is 6.03. The largest absolute Gasteiger partial charge is 0.398 e. The van der Waals surface area contributed by atoms with Crippen molar-refractivity contribution < 1.29 is 0 Å². The number of nitrogens with two attached hydrogens (primary N) is 1. The first-order valence-corrected chi connectivity index (χ1v) is 6.03. The summed E-state index contributed by atoms with van der Waals surface area (Å²) in [5, 5.41) is 0. The smallest absolute Gasteiger partial charge is 0.0349 e. The fraction of sp³-hybridized carbons (Fsp3) is 0.571. The van der Waals surface area contributed by atoms with Crippen molar-refractivity contribution in [3.05, 3.63) is 29.8 Å². The molecule has 82 valence electrons. The molecule has 0 saturated heterocycles. The summed E-state index contributed by atoms with van der Waals surface area (Å²) in [6.45, 7) is 4.73. The summed E-state index contributed by atoms with van der Waals surface area (Å²) in [7, 11) is 0. The van der Waals surface area contributed by atoms with E-state index in [1.165, 1.54) is 24.8 Å². The Morgan fingerprint density at radius 2 is 1.87 bits per heavy atom. The third-order valence-corrected chi connectivity index (χ3v) is 3.83. The summed E-state index contributed by atoms with van der Waals surface area (Å²) in [5.74, 6) is 2.35. The SMILES string of the molecule is CC1CCC(c2ccccc2N)C(C)C1. The van der Waals surface area contributed by atoms with Crippen molar-refractivity contribution >= 4 is 5.69 Å². The molecular weight excluding hydrogens is 182 g/mol. The van der Waals surface area contributed by atoms with Crippen molar-refractivity contribution in [2.75, 3.05) is 5.73 Å². The van der Waals surface area contributed by atoms with Gasteiger partial charge in [-0.15, -0.1) is 0 Å². The minimum atomic E-state index is 0.683. The molecule has 0 amide bonds. The number of nitrogen functional groups attached to an aromatic ring is 1. The van der Waals surface area contributed by atoms with Crippen molar-refractivity contribution in [3.63, 3.8) is 0 Å². The first-order chi connectivity index (χ1) is 7.18. The molecular formula is C14H21N. The lowest BCUT2D eigenvalue weighted by Crippen LogP contribution is -2.20. The highest BCUT2D eigenvalue weighted by atomic mass is 14.6. The number of benzene rings is 1. The van der Waals surface area contributed by atoms with Gasteiger partial charge in [-0.1, -0.05) is 38.5 Å². The molecule has 3 unspecified atom stereocenters. The Morgan fingerprint density at radius 1 is 1.13 bits per heavy atom. The summed E-state index contributed by atoms with van der Waals surface area (Å²) in [6, 6.07) is 8.36. The van der Waals surface area contributed by atoms with Gasteiger partial charge in [-0.3, -0.25) is 0 Å². The average Bonchev–Trinajstić information content (AvgIpc) is 2.20. The van der Waals surface area contributed by atoms with Gasteiger partial charge in [-0.25, -0.2) is 0 Å². The zero-order chi connectivity index (χ0) is 10.8. The highest BCUT2D eigenvalue weighted by Gasteiger charge is 2.27. The van der Waals surface area contributed by atoms with E-state index in [-0.39, 0.29) is 0 Å². The van der Waals surface area contributed by atoms with Crippen molar-refractivity contribution in [1.82, 2.24) is 0 Å². The van der Waals surface area contributed by atoms with E-state index in [1.807, 2.05) is 12.1 Å². The molecule has 3 atom stereocenters. The lowest BCUT2D eigenvalue weighted by Gasteiger charge is -2.33. The molecule has 1 aliphatic carbocycles. The molecule has 2 rings (SSSR count). The molecule has 1 fully saturated rings. The fourth-order valence-electron chi connectivity index (χ4n) is 2.98. The second-order valence-electron chi connectivity index (χ2n) is 5.13. The zero-order valence-electron chi connectivity index (χ0n) is 9.74. The van der Waals surface area contributed by atoms with Gasteiger partial charge in [0.1, 0.15) is 0 Å². The number of para-hydroxylation sites is 1. The molecule has 15 heavy (non-hydrogen) atoms. The Bertz CT molecular complexity index is 332. The van der Waals surface area contributed by atoms with E-state index in [9.17, 15) is 0 Å². The van der Waals surface area contributed by atoms with Crippen LogP contribution in [0.5, 0.6) is 0 Å². The van der Waals surface area contributed by atoms with Gasteiger partial charge in [-0.2, -0.15) is 0 Å². The van der Waals surface area contributed by atoms with Gasteiger partial charge in [0.2, 0.25) is 0 Å². The van der Waals surface area contributed by atoms with Crippen LogP contribution in [0.1, 0.15) is 44.6 Å². The maximum atomic E-state index is 6.05. The Balaban J connectivity index is 2.20. The molecule has 1 aliphatic rings. The first kappa shape index (κ1) is 10.5. The van der Waals surface area contributed by atoms with E-state index in [0.29, 0.717) is 5.92 Å². The van der Waals surface area contributed by atoms with Crippen LogP contribution in [0.3, 0.4) is 0 Å². The standard InChI is InChI=1S/C14H21N/c1-10-7-8-12(11(2)9-10)13-5-3-4-6-14(13)15/h3-6,10-12H,7-9,15H2,1-2H3. The lowest BCUT2D eigenvalue weighted by molar-refractivity contribution is 0.262. The lowest BCUT2D eigenvalue weighted by atomic mass is 9.72. The predicted octanol–water partition coefficient (Wildman–Crippen LogP) is 3.81. The number of anilines is 1. The second-order valence-corrected chi connectivity index (χ2v) is 5.13. The Kier molecular flexibility index (Phi) is 2.99. The molecule has 1 aromatic rings. The van der Waals surface area contributed by atoms with Gasteiger partial charge < -0.3 is 5.73 Å². The van der Waals surface area contributed by atoms with Gasteiger partial charge in [0.15, 0.2) is 0 Å². The Hall–Kier alpha value is -0.980. The second kappa shape index (κ2) is 4.26. The van der Waals surface area contributed by atoms with Crippen LogP contribution in [0.2, 0.25) is 0 Å². The normalized spacial score (nSPS) is 31.5. The van der Waals surface area contributed by atoms with Crippen molar-refractivity contribution in [1.29, 1.82) is 0 Å². The van der Waals surface area contributed by atoms with E-state index in [4.69, 9.17) is 5.73 Å². The van der Waals surface area contributed by atoms with Gasteiger partial charge in [0, 0.05) is 5.69 Å². The third kappa shape index (κ3) is 2.17. The maximum Gasteiger partial charge on any atom is 0.0349 e. The minimum absolute atomic E-state index is 0.683. The summed E-state index contributed by atoms with van der Waals surface area (Å²) in [5.41, 5.74) is 8.40. The monoisotopic (exact) mass is 203 g/mol. The zero-order valence-corrected chi connectivity index (χ0v) is 9.74. The van der Waals surface area contributed by atoms with Crippen LogP contribution in [-0.4, -0.2) is 0 Å². The van der Waals surface area contributed by atoms with Crippen LogP contribution in [0.25, 0.3) is 0 Å². The van der Waals surface area contributed by atoms with E-state index in [1.54, 1.807) is 0 Å². The average molecular weight is 203 g/mol. The fourth-order valence-corrected chi connectivity index (χ4v) is 2.98. The van der Waals surface area contributed by atoms with Gasteiger partial charge in [-0.05, 0) is 42.2 Å². The number of hydrogen-bond donors (Lipinski definition) is 1. The van der Waals surface area contributed by atoms with Crippen molar-refractivity contribution in [2.24, 2.45) is 11.8 Å². The highest BCUT2D eigenvalue weighted by Crippen LogP contribution is 2.41. The molecule has 0 aliphatic heterocycles. The summed E-state index contributed by atoms with van der Waals surface area (Å²) < 4.78 is 0. The Morgan fingerprint density at radius 3 is 2.53 bits per heavy atom. The molecule has 0 bridgehead atoms. The van der Waals surface area contributed by atoms with E-state index >= 15 is 0 Å². The third-order valence-electron chi connectivity index (χ3n) is 3.83. The molecule has 0 radical (unpaired) electrons. The van der Waals surface area contributed by atoms with E-state index < -0.39 is 0 Å². The van der Waals surface area contributed by atoms with Crippen LogP contribution < -0.4 is 5.73 Å². The molecule has 2 N–H and O–H groups in total. The van der Waals surface area contributed by atoms with E-state index in [0.717, 1.165) is 17.5 Å². The molecule has 1 saturated carbocycles. The van der Waals surface area contributed by atoms with Gasteiger partial charge >= 0.3 is 0 Å². The Labute approximate surface area is 92.7 Å². The van der Waals surface area contributed by atoms with Gasteiger partial charge in [0.05, 0.1) is 0 Å². The van der Waals surface area contributed by atoms with Crippen molar-refractivity contribution in [3.8, 4) is 0 Å². The molecule has 1 nitrogen and oxygen atoms in total. The van der Waals surface area contributed by atoms with Crippen LogP contribution in [0.15, 0.2) is 24.3 Å². The summed E-state index contributed by atoms with van der Waals surface area (Å²) in [4.78, 5) is 0.